The minimum atomic E-state index is -0.767. The third kappa shape index (κ3) is 7.88. The van der Waals surface area contributed by atoms with Gasteiger partial charge in [0.05, 0.1) is 5.52 Å². The zero-order chi connectivity index (χ0) is 36.4. The molecule has 12 nitrogen and oxygen atoms in total. The zero-order valence-corrected chi connectivity index (χ0v) is 31.4. The average molecular weight is 758 g/mol. The number of amides is 3. The monoisotopic (exact) mass is 756 g/mol. The summed E-state index contributed by atoms with van der Waals surface area (Å²) in [5, 5.41) is 11.4. The summed E-state index contributed by atoms with van der Waals surface area (Å²) >= 11 is 3.46. The molecule has 0 spiro atoms. The summed E-state index contributed by atoms with van der Waals surface area (Å²) in [6, 6.07) is 8.38. The van der Waals surface area contributed by atoms with E-state index in [1.54, 1.807) is 22.0 Å². The summed E-state index contributed by atoms with van der Waals surface area (Å²) in [5.41, 5.74) is 2.93. The molecular formula is C38H45BrN8O4. The molecule has 0 saturated carbocycles. The Bertz CT molecular complexity index is 1970. The molecule has 3 aromatic heterocycles. The Morgan fingerprint density at radius 3 is 2.55 bits per heavy atom. The van der Waals surface area contributed by atoms with E-state index >= 15 is 0 Å². The van der Waals surface area contributed by atoms with Crippen LogP contribution in [0.1, 0.15) is 88.1 Å². The molecule has 0 radical (unpaired) electrons. The first-order valence-corrected chi connectivity index (χ1v) is 18.5. The average Bonchev–Trinajstić information content (AvgIpc) is 3.62. The normalized spacial score (nSPS) is 21.5. The van der Waals surface area contributed by atoms with E-state index in [0.717, 1.165) is 48.8 Å². The Labute approximate surface area is 306 Å². The van der Waals surface area contributed by atoms with Crippen LogP contribution in [0.2, 0.25) is 0 Å². The van der Waals surface area contributed by atoms with Crippen molar-refractivity contribution >= 4 is 56.2 Å². The van der Waals surface area contributed by atoms with E-state index < -0.39 is 11.5 Å². The lowest BCUT2D eigenvalue weighted by molar-refractivity contribution is -0.139. The smallest absolute Gasteiger partial charge is 0.248 e. The maximum atomic E-state index is 14.4. The number of aromatic nitrogens is 5. The van der Waals surface area contributed by atoms with E-state index in [1.807, 2.05) is 58.0 Å². The fourth-order valence-corrected chi connectivity index (χ4v) is 7.66. The van der Waals surface area contributed by atoms with Gasteiger partial charge in [-0.3, -0.25) is 23.9 Å². The van der Waals surface area contributed by atoms with E-state index in [1.165, 1.54) is 6.92 Å². The highest BCUT2D eigenvalue weighted by atomic mass is 79.9. The second-order valence-corrected chi connectivity index (χ2v) is 15.3. The van der Waals surface area contributed by atoms with E-state index in [9.17, 15) is 19.2 Å². The van der Waals surface area contributed by atoms with Crippen LogP contribution < -0.4 is 10.6 Å². The van der Waals surface area contributed by atoms with Gasteiger partial charge in [0.15, 0.2) is 5.78 Å². The number of anilines is 1. The number of nitrogens with one attached hydrogen (secondary N) is 2. The first-order valence-electron chi connectivity index (χ1n) is 17.7. The molecule has 3 amide bonds. The van der Waals surface area contributed by atoms with Gasteiger partial charge in [-0.05, 0) is 97.1 Å². The fraction of sp³-hybridized carbons (Fsp3) is 0.474. The summed E-state index contributed by atoms with van der Waals surface area (Å²) in [7, 11) is 0. The van der Waals surface area contributed by atoms with Gasteiger partial charge in [-0.25, -0.2) is 15.0 Å². The molecule has 2 aliphatic heterocycles. The number of pyridine rings is 1. The van der Waals surface area contributed by atoms with E-state index in [-0.39, 0.29) is 47.7 Å². The number of fused-ring (bicyclic) bond motifs is 4. The van der Waals surface area contributed by atoms with Crippen molar-refractivity contribution in [3.63, 3.8) is 0 Å². The number of rotatable bonds is 4. The van der Waals surface area contributed by atoms with Crippen molar-refractivity contribution < 1.29 is 19.2 Å². The predicted octanol–water partition coefficient (Wildman–Crippen LogP) is 6.06. The number of hydrogen-bond acceptors (Lipinski definition) is 8. The standard InChI is InChI=1S/C38H45BrN8O4/c1-22-26-14-16-40-37(51)38(4,5)15-8-6-7-9-25-11-13-32(39)43-35(25)44-36(50)31(18-26)47(22)33(49)21-46-30-12-10-27(28-19-41-24(3)42-20-28)17-29(30)34(45-46)23(2)48/h10-13,17,19-20,22,26,31H,6-9,14-16,18,21H2,1-5H3,(H,40,51)(H,43,44,50)/t22-,26+,31+/m1/s1. The maximum absolute atomic E-state index is 14.4. The van der Waals surface area contributed by atoms with Crippen LogP contribution in [-0.4, -0.2) is 71.8 Å². The van der Waals surface area contributed by atoms with Crippen LogP contribution in [0.4, 0.5) is 5.82 Å². The Morgan fingerprint density at radius 1 is 1.04 bits per heavy atom. The number of hydrogen-bond donors (Lipinski definition) is 2. The van der Waals surface area contributed by atoms with E-state index in [4.69, 9.17) is 0 Å². The van der Waals surface area contributed by atoms with Gasteiger partial charge >= 0.3 is 0 Å². The van der Waals surface area contributed by atoms with Gasteiger partial charge in [0.2, 0.25) is 17.7 Å². The van der Waals surface area contributed by atoms with Crippen molar-refractivity contribution in [2.75, 3.05) is 11.9 Å². The highest BCUT2D eigenvalue weighted by molar-refractivity contribution is 9.10. The molecule has 4 aromatic rings. The molecule has 268 valence electrons. The molecule has 1 saturated heterocycles. The maximum Gasteiger partial charge on any atom is 0.248 e. The largest absolute Gasteiger partial charge is 0.356 e. The number of ketones is 1. The molecule has 2 aliphatic rings. The Kier molecular flexibility index (Phi) is 10.7. The van der Waals surface area contributed by atoms with Gasteiger partial charge < -0.3 is 15.5 Å². The van der Waals surface area contributed by atoms with Gasteiger partial charge in [-0.15, -0.1) is 0 Å². The van der Waals surface area contributed by atoms with Crippen molar-refractivity contribution in [1.29, 1.82) is 0 Å². The summed E-state index contributed by atoms with van der Waals surface area (Å²) in [4.78, 5) is 69.3. The minimum Gasteiger partial charge on any atom is -0.356 e. The molecule has 13 heteroatoms. The van der Waals surface area contributed by atoms with Crippen molar-refractivity contribution in [3.8, 4) is 11.1 Å². The van der Waals surface area contributed by atoms with Crippen molar-refractivity contribution in [3.05, 3.63) is 64.4 Å². The highest BCUT2D eigenvalue weighted by Gasteiger charge is 2.45. The quantitative estimate of drug-likeness (QED) is 0.189. The van der Waals surface area contributed by atoms with Crippen LogP contribution in [0, 0.1) is 18.3 Å². The number of likely N-dealkylation sites (tertiary alicyclic amines) is 1. The number of carbonyl (C=O) groups is 4. The van der Waals surface area contributed by atoms with Crippen molar-refractivity contribution in [1.82, 2.24) is 34.9 Å². The zero-order valence-electron chi connectivity index (χ0n) is 29.8. The third-order valence-electron chi connectivity index (χ3n) is 10.4. The van der Waals surface area contributed by atoms with Crippen LogP contribution in [0.15, 0.2) is 47.3 Å². The van der Waals surface area contributed by atoms with Gasteiger partial charge in [-0.1, -0.05) is 38.8 Å². The lowest BCUT2D eigenvalue weighted by Crippen LogP contribution is -2.48. The molecule has 1 fully saturated rings. The number of carbonyl (C=O) groups excluding carboxylic acids is 4. The lowest BCUT2D eigenvalue weighted by Gasteiger charge is -2.29. The van der Waals surface area contributed by atoms with Gasteiger partial charge in [0.25, 0.3) is 0 Å². The molecule has 0 unspecified atom stereocenters. The summed E-state index contributed by atoms with van der Waals surface area (Å²) in [6.07, 6.45) is 8.76. The fourth-order valence-electron chi connectivity index (χ4n) is 7.35. The molecule has 1 aromatic carbocycles. The van der Waals surface area contributed by atoms with E-state index in [0.29, 0.717) is 46.5 Å². The first kappa shape index (κ1) is 36.3. The third-order valence-corrected chi connectivity index (χ3v) is 10.8. The number of halogens is 1. The van der Waals surface area contributed by atoms with Crippen molar-refractivity contribution in [2.24, 2.45) is 11.3 Å². The first-order chi connectivity index (χ1) is 24.3. The molecule has 5 heterocycles. The summed E-state index contributed by atoms with van der Waals surface area (Å²) in [5.74, 6) is 0.296. The van der Waals surface area contributed by atoms with Crippen LogP contribution in [-0.2, 0) is 27.3 Å². The molecule has 0 aliphatic carbocycles. The number of benzene rings is 1. The van der Waals surface area contributed by atoms with E-state index in [2.05, 4.69) is 46.6 Å². The number of nitrogens with zero attached hydrogens (tertiary/aromatic N) is 6. The predicted molar refractivity (Wildman–Crippen MR) is 198 cm³/mol. The lowest BCUT2D eigenvalue weighted by atomic mass is 9.85. The van der Waals surface area contributed by atoms with Crippen LogP contribution in [0.5, 0.6) is 0 Å². The van der Waals surface area contributed by atoms with Crippen LogP contribution >= 0.6 is 15.9 Å². The molecule has 51 heavy (non-hydrogen) atoms. The van der Waals surface area contributed by atoms with Crippen LogP contribution in [0.25, 0.3) is 22.0 Å². The molecule has 2 N–H and O–H groups in total. The molecule has 6 rings (SSSR count). The Morgan fingerprint density at radius 2 is 1.80 bits per heavy atom. The highest BCUT2D eigenvalue weighted by Crippen LogP contribution is 2.35. The van der Waals surface area contributed by atoms with Crippen molar-refractivity contribution in [2.45, 2.75) is 98.2 Å². The topological polar surface area (TPSA) is 152 Å². The molecule has 2 bridgehead atoms. The summed E-state index contributed by atoms with van der Waals surface area (Å²) in [6.45, 7) is 9.48. The second-order valence-electron chi connectivity index (χ2n) is 14.5. The van der Waals surface area contributed by atoms with Gasteiger partial charge in [-0.2, -0.15) is 5.10 Å². The number of Topliss-reactive ketones (excluding diaryl/α,β-unsaturated/α-hetero) is 1. The minimum absolute atomic E-state index is 0.0176. The SMILES string of the molecule is CC(=O)c1nn(CC(=O)N2[C@H](C)[C@H]3CCNC(=O)C(C)(C)CCCCCc4ccc(Br)nc4NC(=O)[C@@H]2C3)c2ccc(-c3cnc(C)nc3)cc12. The number of aryl methyl sites for hydroxylation is 2. The van der Waals surface area contributed by atoms with Gasteiger partial charge in [0, 0.05) is 48.3 Å². The Hall–Kier alpha value is -4.52. The Balaban J connectivity index is 1.31. The molecular weight excluding hydrogens is 712 g/mol. The second kappa shape index (κ2) is 15.0. The van der Waals surface area contributed by atoms with Crippen LogP contribution in [0.3, 0.4) is 0 Å². The van der Waals surface area contributed by atoms with Gasteiger partial charge in [0.1, 0.15) is 34.5 Å². The molecule has 3 atom stereocenters. The summed E-state index contributed by atoms with van der Waals surface area (Å²) < 4.78 is 2.16.